The van der Waals surface area contributed by atoms with Crippen molar-refractivity contribution in [1.29, 1.82) is 0 Å². The molecule has 17 heavy (non-hydrogen) atoms. The van der Waals surface area contributed by atoms with E-state index in [0.29, 0.717) is 17.0 Å². The van der Waals surface area contributed by atoms with E-state index in [1.54, 1.807) is 16.3 Å². The average molecular weight is 252 g/mol. The fourth-order valence-corrected chi connectivity index (χ4v) is 2.90. The van der Waals surface area contributed by atoms with Crippen LogP contribution < -0.4 is 5.73 Å². The molecule has 0 aliphatic carbocycles. The maximum Gasteiger partial charge on any atom is 0.263 e. The Bertz CT molecular complexity index is 441. The lowest BCUT2D eigenvalue weighted by Gasteiger charge is -2.30. The van der Waals surface area contributed by atoms with Gasteiger partial charge < -0.3 is 10.6 Å². The summed E-state index contributed by atoms with van der Waals surface area (Å²) in [4.78, 5) is 25.7. The van der Waals surface area contributed by atoms with Crippen LogP contribution in [0.4, 0.5) is 0 Å². The van der Waals surface area contributed by atoms with Gasteiger partial charge in [0.15, 0.2) is 5.78 Å². The van der Waals surface area contributed by atoms with Crippen molar-refractivity contribution in [2.45, 2.75) is 25.8 Å². The third-order valence-corrected chi connectivity index (χ3v) is 3.88. The van der Waals surface area contributed by atoms with E-state index in [1.807, 2.05) is 0 Å². The molecule has 1 unspecified atom stereocenters. The average Bonchev–Trinajstić information content (AvgIpc) is 2.77. The van der Waals surface area contributed by atoms with Gasteiger partial charge in [0.25, 0.3) is 5.91 Å². The summed E-state index contributed by atoms with van der Waals surface area (Å²) in [6.45, 7) is 2.89. The first-order valence-corrected chi connectivity index (χ1v) is 6.60. The molecule has 4 nitrogen and oxygen atoms in total. The van der Waals surface area contributed by atoms with Crippen LogP contribution in [0.15, 0.2) is 11.4 Å². The highest BCUT2D eigenvalue weighted by atomic mass is 32.1. The zero-order chi connectivity index (χ0) is 12.4. The van der Waals surface area contributed by atoms with Crippen molar-refractivity contribution in [3.63, 3.8) is 0 Å². The standard InChI is InChI=1S/C12H16N2O2S/c1-8(15)9-5-11(17-7-9)12(16)14-4-2-3-10(13)6-14/h5,7,10H,2-4,6,13H2,1H3. The molecule has 1 aliphatic rings. The molecule has 2 heterocycles. The van der Waals surface area contributed by atoms with Crippen LogP contribution in [-0.2, 0) is 0 Å². The summed E-state index contributed by atoms with van der Waals surface area (Å²) in [6.07, 6.45) is 1.94. The van der Waals surface area contributed by atoms with Gasteiger partial charge in [0.05, 0.1) is 4.88 Å². The molecule has 1 aliphatic heterocycles. The van der Waals surface area contributed by atoms with E-state index < -0.39 is 0 Å². The van der Waals surface area contributed by atoms with Gasteiger partial charge in [-0.15, -0.1) is 11.3 Å². The number of piperidine rings is 1. The third-order valence-electron chi connectivity index (χ3n) is 2.96. The van der Waals surface area contributed by atoms with E-state index in [-0.39, 0.29) is 17.7 Å². The number of likely N-dealkylation sites (tertiary alicyclic amines) is 1. The summed E-state index contributed by atoms with van der Waals surface area (Å²) in [7, 11) is 0. The van der Waals surface area contributed by atoms with Gasteiger partial charge in [-0.3, -0.25) is 9.59 Å². The summed E-state index contributed by atoms with van der Waals surface area (Å²) in [5, 5.41) is 1.74. The molecule has 0 saturated carbocycles. The van der Waals surface area contributed by atoms with Crippen LogP contribution in [0.2, 0.25) is 0 Å². The number of hydrogen-bond donors (Lipinski definition) is 1. The first kappa shape index (κ1) is 12.3. The van der Waals surface area contributed by atoms with Gasteiger partial charge in [-0.1, -0.05) is 0 Å². The SMILES string of the molecule is CC(=O)c1csc(C(=O)N2CCCC(N)C2)c1. The van der Waals surface area contributed by atoms with E-state index in [2.05, 4.69) is 0 Å². The maximum absolute atomic E-state index is 12.2. The quantitative estimate of drug-likeness (QED) is 0.812. The predicted molar refractivity (Wildman–Crippen MR) is 67.4 cm³/mol. The molecule has 1 aromatic rings. The van der Waals surface area contributed by atoms with E-state index in [0.717, 1.165) is 19.4 Å². The van der Waals surface area contributed by atoms with Crippen molar-refractivity contribution in [1.82, 2.24) is 4.90 Å². The molecule has 0 radical (unpaired) electrons. The molecule has 0 spiro atoms. The minimum atomic E-state index is -0.00403. The molecule has 0 bridgehead atoms. The highest BCUT2D eigenvalue weighted by Gasteiger charge is 2.23. The molecular formula is C12H16N2O2S. The summed E-state index contributed by atoms with van der Waals surface area (Å²) in [5.74, 6) is -0.00621. The number of carbonyl (C=O) groups excluding carboxylic acids is 2. The second-order valence-corrected chi connectivity index (χ2v) is 5.32. The van der Waals surface area contributed by atoms with Crippen molar-refractivity contribution in [2.24, 2.45) is 5.73 Å². The molecule has 1 aromatic heterocycles. The highest BCUT2D eigenvalue weighted by Crippen LogP contribution is 2.19. The second kappa shape index (κ2) is 4.98. The van der Waals surface area contributed by atoms with Gasteiger partial charge in [0, 0.05) is 30.1 Å². The molecule has 1 amide bonds. The second-order valence-electron chi connectivity index (χ2n) is 4.41. The Kier molecular flexibility index (Phi) is 3.59. The Morgan fingerprint density at radius 1 is 1.53 bits per heavy atom. The fourth-order valence-electron chi connectivity index (χ4n) is 1.98. The zero-order valence-corrected chi connectivity index (χ0v) is 10.6. The van der Waals surface area contributed by atoms with Gasteiger partial charge in [-0.05, 0) is 25.8 Å². The van der Waals surface area contributed by atoms with Crippen molar-refractivity contribution in [3.05, 3.63) is 21.9 Å². The third kappa shape index (κ3) is 2.73. The van der Waals surface area contributed by atoms with Crippen LogP contribution in [0.25, 0.3) is 0 Å². The van der Waals surface area contributed by atoms with E-state index in [9.17, 15) is 9.59 Å². The summed E-state index contributed by atoms with van der Waals surface area (Å²) >= 11 is 1.33. The highest BCUT2D eigenvalue weighted by molar-refractivity contribution is 7.12. The Morgan fingerprint density at radius 2 is 2.29 bits per heavy atom. The van der Waals surface area contributed by atoms with Gasteiger partial charge in [0.2, 0.25) is 0 Å². The maximum atomic E-state index is 12.2. The number of Topliss-reactive ketones (excluding diaryl/α,β-unsaturated/α-hetero) is 1. The van der Waals surface area contributed by atoms with Crippen LogP contribution in [0.5, 0.6) is 0 Å². The molecule has 0 aromatic carbocycles. The first-order chi connectivity index (χ1) is 8.08. The van der Waals surface area contributed by atoms with Crippen molar-refractivity contribution < 1.29 is 9.59 Å². The lowest BCUT2D eigenvalue weighted by molar-refractivity contribution is 0.0714. The number of amides is 1. The molecule has 5 heteroatoms. The Balaban J connectivity index is 2.10. The minimum Gasteiger partial charge on any atom is -0.336 e. The van der Waals surface area contributed by atoms with Gasteiger partial charge >= 0.3 is 0 Å². The number of hydrogen-bond acceptors (Lipinski definition) is 4. The number of ketones is 1. The summed E-state index contributed by atoms with van der Waals surface area (Å²) < 4.78 is 0. The summed E-state index contributed by atoms with van der Waals surface area (Å²) in [5.41, 5.74) is 6.46. The topological polar surface area (TPSA) is 63.4 Å². The number of nitrogens with zero attached hydrogens (tertiary/aromatic N) is 1. The fraction of sp³-hybridized carbons (Fsp3) is 0.500. The predicted octanol–water partition coefficient (Wildman–Crippen LogP) is 1.51. The Morgan fingerprint density at radius 3 is 2.88 bits per heavy atom. The Hall–Kier alpha value is -1.20. The molecule has 92 valence electrons. The zero-order valence-electron chi connectivity index (χ0n) is 9.81. The molecule has 1 fully saturated rings. The molecule has 2 rings (SSSR count). The molecule has 1 atom stereocenters. The van der Waals surface area contributed by atoms with Gasteiger partial charge in [-0.2, -0.15) is 0 Å². The van der Waals surface area contributed by atoms with Crippen LogP contribution in [0.1, 0.15) is 39.8 Å². The van der Waals surface area contributed by atoms with Crippen molar-refractivity contribution >= 4 is 23.0 Å². The molecule has 2 N–H and O–H groups in total. The number of nitrogens with two attached hydrogens (primary N) is 1. The first-order valence-electron chi connectivity index (χ1n) is 5.72. The minimum absolute atomic E-state index is 0.00218. The monoisotopic (exact) mass is 252 g/mol. The van der Waals surface area contributed by atoms with E-state index >= 15 is 0 Å². The van der Waals surface area contributed by atoms with E-state index in [1.165, 1.54) is 18.3 Å². The lowest BCUT2D eigenvalue weighted by atomic mass is 10.1. The van der Waals surface area contributed by atoms with Crippen LogP contribution in [0.3, 0.4) is 0 Å². The molecule has 1 saturated heterocycles. The van der Waals surface area contributed by atoms with Gasteiger partial charge in [-0.25, -0.2) is 0 Å². The van der Waals surface area contributed by atoms with Crippen LogP contribution in [0, 0.1) is 0 Å². The van der Waals surface area contributed by atoms with Crippen molar-refractivity contribution in [2.75, 3.05) is 13.1 Å². The smallest absolute Gasteiger partial charge is 0.263 e. The van der Waals surface area contributed by atoms with Crippen LogP contribution >= 0.6 is 11.3 Å². The summed E-state index contributed by atoms with van der Waals surface area (Å²) in [6, 6.07) is 1.76. The van der Waals surface area contributed by atoms with Gasteiger partial charge in [0.1, 0.15) is 0 Å². The number of carbonyl (C=O) groups is 2. The Labute approximate surface area is 104 Å². The largest absolute Gasteiger partial charge is 0.336 e. The lowest BCUT2D eigenvalue weighted by Crippen LogP contribution is -2.45. The van der Waals surface area contributed by atoms with Crippen molar-refractivity contribution in [3.8, 4) is 0 Å². The number of thiophene rings is 1. The van der Waals surface area contributed by atoms with E-state index in [4.69, 9.17) is 5.73 Å². The normalized spacial score (nSPS) is 20.4. The molecular weight excluding hydrogens is 236 g/mol. The number of rotatable bonds is 2. The van der Waals surface area contributed by atoms with Crippen LogP contribution in [-0.4, -0.2) is 35.7 Å².